The van der Waals surface area contributed by atoms with Crippen LogP contribution in [0.4, 0.5) is 0 Å². The van der Waals surface area contributed by atoms with Crippen LogP contribution in [-0.2, 0) is 0 Å². The Labute approximate surface area is 85.8 Å². The van der Waals surface area contributed by atoms with Crippen molar-refractivity contribution in [3.8, 4) is 6.07 Å². The second-order valence-electron chi connectivity index (χ2n) is 3.14. The number of nitriles is 1. The van der Waals surface area contributed by atoms with Gasteiger partial charge in [-0.05, 0) is 12.8 Å². The van der Waals surface area contributed by atoms with Crippen LogP contribution in [0.3, 0.4) is 0 Å². The standard InChI is InChI=1S/C9H9N3OS/c10-5-7-6-11-8(14-7)9(13)12-3-1-2-4-12/h6H,1-4H2. The zero-order valence-corrected chi connectivity index (χ0v) is 8.38. The molecule has 0 spiro atoms. The van der Waals surface area contributed by atoms with E-state index in [-0.39, 0.29) is 5.91 Å². The summed E-state index contributed by atoms with van der Waals surface area (Å²) in [4.78, 5) is 18.0. The molecule has 0 radical (unpaired) electrons. The van der Waals surface area contributed by atoms with Crippen LogP contribution in [0.2, 0.25) is 0 Å². The van der Waals surface area contributed by atoms with Crippen molar-refractivity contribution in [1.82, 2.24) is 9.88 Å². The molecule has 2 heterocycles. The lowest BCUT2D eigenvalue weighted by Gasteiger charge is -2.12. The molecule has 0 atom stereocenters. The highest BCUT2D eigenvalue weighted by molar-refractivity contribution is 7.14. The van der Waals surface area contributed by atoms with Gasteiger partial charge in [0.2, 0.25) is 0 Å². The van der Waals surface area contributed by atoms with E-state index in [1.165, 1.54) is 6.20 Å². The molecule has 72 valence electrons. The second kappa shape index (κ2) is 3.76. The fourth-order valence-electron chi connectivity index (χ4n) is 1.48. The molecule has 0 N–H and O–H groups in total. The van der Waals surface area contributed by atoms with Crippen LogP contribution in [0.25, 0.3) is 0 Å². The van der Waals surface area contributed by atoms with Gasteiger partial charge in [0, 0.05) is 13.1 Å². The van der Waals surface area contributed by atoms with Gasteiger partial charge in [-0.3, -0.25) is 4.79 Å². The van der Waals surface area contributed by atoms with E-state index in [1.807, 2.05) is 6.07 Å². The summed E-state index contributed by atoms with van der Waals surface area (Å²) in [5, 5.41) is 9.03. The third-order valence-corrected chi connectivity index (χ3v) is 3.08. The third-order valence-electron chi connectivity index (χ3n) is 2.19. The van der Waals surface area contributed by atoms with Gasteiger partial charge in [0.15, 0.2) is 5.01 Å². The van der Waals surface area contributed by atoms with Crippen LogP contribution in [0.15, 0.2) is 6.20 Å². The lowest BCUT2D eigenvalue weighted by Crippen LogP contribution is -2.27. The summed E-state index contributed by atoms with van der Waals surface area (Å²) in [5.41, 5.74) is 0. The van der Waals surface area contributed by atoms with Crippen molar-refractivity contribution in [3.05, 3.63) is 16.1 Å². The Hall–Kier alpha value is -1.41. The molecule has 14 heavy (non-hydrogen) atoms. The molecule has 5 heteroatoms. The van der Waals surface area contributed by atoms with Gasteiger partial charge < -0.3 is 4.90 Å². The number of hydrogen-bond donors (Lipinski definition) is 0. The number of rotatable bonds is 1. The number of carbonyl (C=O) groups is 1. The monoisotopic (exact) mass is 207 g/mol. The first kappa shape index (κ1) is 9.16. The number of thiazole rings is 1. The number of likely N-dealkylation sites (tertiary alicyclic amines) is 1. The van der Waals surface area contributed by atoms with Crippen molar-refractivity contribution in [3.63, 3.8) is 0 Å². The van der Waals surface area contributed by atoms with Gasteiger partial charge in [0.05, 0.1) is 6.20 Å². The molecule has 0 unspecified atom stereocenters. The maximum absolute atomic E-state index is 11.7. The van der Waals surface area contributed by atoms with Crippen molar-refractivity contribution in [1.29, 1.82) is 5.26 Å². The quantitative estimate of drug-likeness (QED) is 0.696. The topological polar surface area (TPSA) is 57.0 Å². The average molecular weight is 207 g/mol. The Kier molecular flexibility index (Phi) is 2.46. The van der Waals surface area contributed by atoms with Crippen molar-refractivity contribution in [2.24, 2.45) is 0 Å². The summed E-state index contributed by atoms with van der Waals surface area (Å²) in [6.45, 7) is 1.64. The Morgan fingerprint density at radius 1 is 1.57 bits per heavy atom. The summed E-state index contributed by atoms with van der Waals surface area (Å²) in [6, 6.07) is 1.98. The number of aromatic nitrogens is 1. The van der Waals surface area contributed by atoms with E-state index >= 15 is 0 Å². The Morgan fingerprint density at radius 3 is 2.86 bits per heavy atom. The highest BCUT2D eigenvalue weighted by Crippen LogP contribution is 2.17. The molecule has 1 aliphatic heterocycles. The molecular formula is C9H9N3OS. The van der Waals surface area contributed by atoms with E-state index in [9.17, 15) is 4.79 Å². The molecule has 2 rings (SSSR count). The molecular weight excluding hydrogens is 198 g/mol. The van der Waals surface area contributed by atoms with Gasteiger partial charge in [-0.15, -0.1) is 0 Å². The molecule has 0 aliphatic carbocycles. The van der Waals surface area contributed by atoms with Crippen LogP contribution in [0.5, 0.6) is 0 Å². The van der Waals surface area contributed by atoms with Gasteiger partial charge in [0.1, 0.15) is 10.9 Å². The molecule has 1 aromatic heterocycles. The van der Waals surface area contributed by atoms with Crippen molar-refractivity contribution in [2.45, 2.75) is 12.8 Å². The van der Waals surface area contributed by atoms with Gasteiger partial charge in [-0.25, -0.2) is 4.98 Å². The molecule has 0 aromatic carbocycles. The summed E-state index contributed by atoms with van der Waals surface area (Å²) in [5.74, 6) is -0.0333. The van der Waals surface area contributed by atoms with Gasteiger partial charge in [-0.2, -0.15) is 5.26 Å². The number of amides is 1. The van der Waals surface area contributed by atoms with Gasteiger partial charge >= 0.3 is 0 Å². The summed E-state index contributed by atoms with van der Waals surface area (Å²) in [7, 11) is 0. The molecule has 1 fully saturated rings. The minimum Gasteiger partial charge on any atom is -0.337 e. The zero-order chi connectivity index (χ0) is 9.97. The van der Waals surface area contributed by atoms with E-state index in [4.69, 9.17) is 5.26 Å². The Morgan fingerprint density at radius 2 is 2.29 bits per heavy atom. The molecule has 1 saturated heterocycles. The largest absolute Gasteiger partial charge is 0.337 e. The van der Waals surface area contributed by atoms with Gasteiger partial charge in [0.25, 0.3) is 5.91 Å². The number of carbonyl (C=O) groups excluding carboxylic acids is 1. The van der Waals surface area contributed by atoms with E-state index in [0.717, 1.165) is 37.3 Å². The van der Waals surface area contributed by atoms with E-state index < -0.39 is 0 Å². The predicted octanol–water partition coefficient (Wildman–Crippen LogP) is 1.25. The fraction of sp³-hybridized carbons (Fsp3) is 0.444. The van der Waals surface area contributed by atoms with Crippen LogP contribution in [0.1, 0.15) is 27.5 Å². The Bertz CT molecular complexity index is 387. The van der Waals surface area contributed by atoms with Gasteiger partial charge in [-0.1, -0.05) is 11.3 Å². The molecule has 0 bridgehead atoms. The third kappa shape index (κ3) is 1.61. The predicted molar refractivity (Wildman–Crippen MR) is 52.0 cm³/mol. The first-order valence-electron chi connectivity index (χ1n) is 4.46. The van der Waals surface area contributed by atoms with Crippen LogP contribution in [-0.4, -0.2) is 28.9 Å². The molecule has 4 nitrogen and oxygen atoms in total. The van der Waals surface area contributed by atoms with E-state index in [2.05, 4.69) is 4.98 Å². The smallest absolute Gasteiger partial charge is 0.282 e. The first-order chi connectivity index (χ1) is 6.81. The Balaban J connectivity index is 2.14. The maximum Gasteiger partial charge on any atom is 0.282 e. The molecule has 0 saturated carbocycles. The average Bonchev–Trinajstić information content (AvgIpc) is 2.88. The summed E-state index contributed by atoms with van der Waals surface area (Å²) in [6.07, 6.45) is 3.60. The molecule has 1 aliphatic rings. The summed E-state index contributed by atoms with van der Waals surface area (Å²) >= 11 is 1.16. The number of hydrogen-bond acceptors (Lipinski definition) is 4. The van der Waals surface area contributed by atoms with Crippen molar-refractivity contribution < 1.29 is 4.79 Å². The van der Waals surface area contributed by atoms with Crippen molar-refractivity contribution in [2.75, 3.05) is 13.1 Å². The SMILES string of the molecule is N#Cc1cnc(C(=O)N2CCCC2)s1. The minimum atomic E-state index is -0.0333. The minimum absolute atomic E-state index is 0.0333. The zero-order valence-electron chi connectivity index (χ0n) is 7.56. The normalized spacial score (nSPS) is 15.5. The first-order valence-corrected chi connectivity index (χ1v) is 5.28. The van der Waals surface area contributed by atoms with Crippen LogP contribution in [0, 0.1) is 11.3 Å². The molecule has 1 amide bonds. The number of nitrogens with zero attached hydrogens (tertiary/aromatic N) is 3. The second-order valence-corrected chi connectivity index (χ2v) is 4.17. The van der Waals surface area contributed by atoms with E-state index in [1.54, 1.807) is 4.90 Å². The maximum atomic E-state index is 11.7. The fourth-order valence-corrected chi connectivity index (χ4v) is 2.16. The van der Waals surface area contributed by atoms with Crippen molar-refractivity contribution >= 4 is 17.2 Å². The lowest BCUT2D eigenvalue weighted by atomic mass is 10.4. The molecule has 1 aromatic rings. The summed E-state index contributed by atoms with van der Waals surface area (Å²) < 4.78 is 0. The van der Waals surface area contributed by atoms with Crippen LogP contribution < -0.4 is 0 Å². The highest BCUT2D eigenvalue weighted by atomic mass is 32.1. The lowest BCUT2D eigenvalue weighted by molar-refractivity contribution is 0.0792. The van der Waals surface area contributed by atoms with Crippen LogP contribution >= 0.6 is 11.3 Å². The van der Waals surface area contributed by atoms with E-state index in [0.29, 0.717) is 9.88 Å². The highest BCUT2D eigenvalue weighted by Gasteiger charge is 2.21.